The minimum Gasteiger partial charge on any atom is -0.325 e. The first-order chi connectivity index (χ1) is 11.6. The highest BCUT2D eigenvalue weighted by Crippen LogP contribution is 2.65. The van der Waals surface area contributed by atoms with E-state index in [9.17, 15) is 14.4 Å². The van der Waals surface area contributed by atoms with E-state index in [0.29, 0.717) is 17.5 Å². The fourth-order valence-electron chi connectivity index (χ4n) is 5.04. The van der Waals surface area contributed by atoms with Gasteiger partial charge in [0.1, 0.15) is 6.54 Å². The van der Waals surface area contributed by atoms with Crippen LogP contribution in [0.3, 0.4) is 0 Å². The second-order valence-electron chi connectivity index (χ2n) is 7.33. The third-order valence-corrected chi connectivity index (χ3v) is 6.11. The summed E-state index contributed by atoms with van der Waals surface area (Å²) in [5.41, 5.74) is 0.669. The van der Waals surface area contributed by atoms with Gasteiger partial charge in [-0.3, -0.25) is 19.3 Å². The lowest BCUT2D eigenvalue weighted by Gasteiger charge is -2.37. The minimum atomic E-state index is -0.327. The molecule has 2 bridgehead atoms. The quantitative estimate of drug-likeness (QED) is 0.680. The molecule has 0 unspecified atom stereocenters. The third kappa shape index (κ3) is 1.84. The summed E-state index contributed by atoms with van der Waals surface area (Å²) in [4.78, 5) is 39.0. The zero-order valence-electron chi connectivity index (χ0n) is 13.1. The van der Waals surface area contributed by atoms with Crippen LogP contribution in [0.4, 0.5) is 5.69 Å². The molecule has 122 valence electrons. The summed E-state index contributed by atoms with van der Waals surface area (Å²) in [5.74, 6) is 0.448. The maximum atomic E-state index is 12.8. The van der Waals surface area contributed by atoms with Gasteiger partial charge >= 0.3 is 0 Å². The van der Waals surface area contributed by atoms with Crippen molar-refractivity contribution in [2.45, 2.75) is 6.42 Å². The molecule has 5 aliphatic rings. The number of hydrogen-bond acceptors (Lipinski definition) is 3. The predicted octanol–water partition coefficient (Wildman–Crippen LogP) is 1.68. The van der Waals surface area contributed by atoms with E-state index in [1.165, 1.54) is 4.90 Å². The van der Waals surface area contributed by atoms with Crippen LogP contribution in [-0.4, -0.2) is 29.2 Å². The van der Waals surface area contributed by atoms with Crippen LogP contribution >= 0.6 is 0 Å². The second kappa shape index (κ2) is 4.79. The molecule has 0 aromatic heterocycles. The summed E-state index contributed by atoms with van der Waals surface area (Å²) in [6.45, 7) is -0.186. The molecule has 0 spiro atoms. The zero-order valence-corrected chi connectivity index (χ0v) is 13.1. The lowest BCUT2D eigenvalue weighted by Crippen LogP contribution is -2.40. The number of likely N-dealkylation sites (tertiary alicyclic amines) is 1. The molecule has 3 fully saturated rings. The first-order valence-corrected chi connectivity index (χ1v) is 8.53. The zero-order chi connectivity index (χ0) is 16.4. The smallest absolute Gasteiger partial charge is 0.244 e. The Morgan fingerprint density at radius 1 is 1.00 bits per heavy atom. The van der Waals surface area contributed by atoms with Crippen molar-refractivity contribution in [3.63, 3.8) is 0 Å². The van der Waals surface area contributed by atoms with Crippen molar-refractivity contribution in [2.75, 3.05) is 11.9 Å². The number of amides is 3. The number of imide groups is 1. The average Bonchev–Trinajstić information content (AvgIpc) is 3.37. The summed E-state index contributed by atoms with van der Waals surface area (Å²) in [7, 11) is 0. The Bertz CT molecular complexity index is 736. The molecule has 6 rings (SSSR count). The van der Waals surface area contributed by atoms with Gasteiger partial charge in [0.05, 0.1) is 11.8 Å². The molecule has 5 nitrogen and oxygen atoms in total. The fourth-order valence-corrected chi connectivity index (χ4v) is 5.04. The largest absolute Gasteiger partial charge is 0.325 e. The van der Waals surface area contributed by atoms with Gasteiger partial charge in [-0.05, 0) is 42.2 Å². The first-order valence-electron chi connectivity index (χ1n) is 8.53. The Hall–Kier alpha value is -2.43. The van der Waals surface area contributed by atoms with Crippen molar-refractivity contribution < 1.29 is 14.4 Å². The average molecular weight is 322 g/mol. The Labute approximate surface area is 139 Å². The molecule has 5 heteroatoms. The van der Waals surface area contributed by atoms with Gasteiger partial charge in [-0.1, -0.05) is 30.4 Å². The Morgan fingerprint density at radius 3 is 2.17 bits per heavy atom. The Kier molecular flexibility index (Phi) is 2.78. The van der Waals surface area contributed by atoms with Gasteiger partial charge in [-0.15, -0.1) is 0 Å². The van der Waals surface area contributed by atoms with E-state index in [1.807, 2.05) is 18.2 Å². The van der Waals surface area contributed by atoms with Gasteiger partial charge in [0.15, 0.2) is 0 Å². The van der Waals surface area contributed by atoms with E-state index in [4.69, 9.17) is 0 Å². The highest BCUT2D eigenvalue weighted by atomic mass is 16.2. The molecule has 1 aliphatic heterocycles. The van der Waals surface area contributed by atoms with Crippen molar-refractivity contribution in [2.24, 2.45) is 35.5 Å². The van der Waals surface area contributed by atoms with Crippen molar-refractivity contribution in [3.05, 3.63) is 42.5 Å². The van der Waals surface area contributed by atoms with E-state index in [1.54, 1.807) is 12.1 Å². The molecule has 0 radical (unpaired) electrons. The Balaban J connectivity index is 1.34. The number of carbonyl (C=O) groups is 3. The van der Waals surface area contributed by atoms with Crippen LogP contribution < -0.4 is 5.32 Å². The highest BCUT2D eigenvalue weighted by molar-refractivity contribution is 6.09. The van der Waals surface area contributed by atoms with Crippen LogP contribution in [0.5, 0.6) is 0 Å². The number of carbonyl (C=O) groups excluding carboxylic acids is 3. The molecule has 6 atom stereocenters. The lowest BCUT2D eigenvalue weighted by atomic mass is 9.63. The molecule has 4 aliphatic carbocycles. The normalized spacial score (nSPS) is 38.1. The molecular formula is C19H18N2O3. The third-order valence-electron chi connectivity index (χ3n) is 6.11. The second-order valence-corrected chi connectivity index (χ2v) is 7.33. The molecule has 1 heterocycles. The predicted molar refractivity (Wildman–Crippen MR) is 86.5 cm³/mol. The van der Waals surface area contributed by atoms with Gasteiger partial charge in [0, 0.05) is 5.69 Å². The Morgan fingerprint density at radius 2 is 1.58 bits per heavy atom. The van der Waals surface area contributed by atoms with E-state index in [-0.39, 0.29) is 47.9 Å². The van der Waals surface area contributed by atoms with Gasteiger partial charge in [-0.2, -0.15) is 0 Å². The van der Waals surface area contributed by atoms with Crippen LogP contribution in [0.25, 0.3) is 0 Å². The van der Waals surface area contributed by atoms with Gasteiger partial charge < -0.3 is 5.32 Å². The minimum absolute atomic E-state index is 0.155. The molecule has 1 saturated heterocycles. The maximum absolute atomic E-state index is 12.8. The lowest BCUT2D eigenvalue weighted by molar-refractivity contribution is -0.142. The molecule has 2 saturated carbocycles. The van der Waals surface area contributed by atoms with Crippen LogP contribution in [0.15, 0.2) is 42.5 Å². The molecule has 1 aromatic rings. The van der Waals surface area contributed by atoms with Gasteiger partial charge in [-0.25, -0.2) is 0 Å². The number of allylic oxidation sites excluding steroid dienone is 2. The van der Waals surface area contributed by atoms with E-state index in [0.717, 1.165) is 6.42 Å². The van der Waals surface area contributed by atoms with Crippen molar-refractivity contribution in [3.8, 4) is 0 Å². The number of benzene rings is 1. The summed E-state index contributed by atoms with van der Waals surface area (Å²) < 4.78 is 0. The summed E-state index contributed by atoms with van der Waals surface area (Å²) in [6.07, 6.45) is 5.42. The summed E-state index contributed by atoms with van der Waals surface area (Å²) in [6, 6.07) is 9.08. The summed E-state index contributed by atoms with van der Waals surface area (Å²) in [5, 5.41) is 2.75. The molecule has 24 heavy (non-hydrogen) atoms. The number of nitrogens with zero attached hydrogens (tertiary/aromatic N) is 1. The standard InChI is InChI=1S/C19H18N2O3/c22-15(20-10-4-2-1-3-5-10)9-21-18(23)16-11-6-7-12(14-8-13(11)14)17(16)19(21)24/h1-7,11-14,16-17H,8-9H2,(H,20,22)/t11-,12-,13-,14-,16+,17+/m0/s1. The highest BCUT2D eigenvalue weighted by Gasteiger charge is 2.67. The monoisotopic (exact) mass is 322 g/mol. The van der Waals surface area contributed by atoms with Crippen molar-refractivity contribution in [1.82, 2.24) is 4.90 Å². The molecule has 1 aromatic carbocycles. The van der Waals surface area contributed by atoms with Gasteiger partial charge in [0.25, 0.3) is 0 Å². The SMILES string of the molecule is O=C(CN1C(=O)[C@@H]2[C@H]3C=C[C@@H]([C@@H]4C[C@@H]34)[C@H]2C1=O)Nc1ccccc1. The van der Waals surface area contributed by atoms with Crippen molar-refractivity contribution >= 4 is 23.4 Å². The van der Waals surface area contributed by atoms with Crippen molar-refractivity contribution in [1.29, 1.82) is 0 Å². The number of nitrogens with one attached hydrogen (secondary N) is 1. The topological polar surface area (TPSA) is 66.5 Å². The van der Waals surface area contributed by atoms with Crippen LogP contribution in [0.2, 0.25) is 0 Å². The number of hydrogen-bond donors (Lipinski definition) is 1. The maximum Gasteiger partial charge on any atom is 0.244 e. The van der Waals surface area contributed by atoms with Crippen LogP contribution in [-0.2, 0) is 14.4 Å². The van der Waals surface area contributed by atoms with Crippen LogP contribution in [0.1, 0.15) is 6.42 Å². The molecular weight excluding hydrogens is 304 g/mol. The summed E-state index contributed by atoms with van der Waals surface area (Å²) >= 11 is 0. The van der Waals surface area contributed by atoms with E-state index >= 15 is 0 Å². The molecule has 3 amide bonds. The van der Waals surface area contributed by atoms with Crippen LogP contribution in [0, 0.1) is 35.5 Å². The van der Waals surface area contributed by atoms with Gasteiger partial charge in [0.2, 0.25) is 17.7 Å². The number of rotatable bonds is 3. The molecule has 1 N–H and O–H groups in total. The fraction of sp³-hybridized carbons (Fsp3) is 0.421. The number of para-hydroxylation sites is 1. The van der Waals surface area contributed by atoms with E-state index in [2.05, 4.69) is 17.5 Å². The number of anilines is 1. The first kappa shape index (κ1) is 14.0. The van der Waals surface area contributed by atoms with E-state index < -0.39 is 0 Å².